The summed E-state index contributed by atoms with van der Waals surface area (Å²) in [4.78, 5) is 26.9. The fraction of sp³-hybridized carbons (Fsp3) is 0.846. The van der Waals surface area contributed by atoms with Crippen LogP contribution in [0, 0.1) is 11.8 Å². The molecule has 2 atom stereocenters. The minimum absolute atomic E-state index is 0.0838. The predicted molar refractivity (Wildman–Crippen MR) is 70.7 cm³/mol. The number of likely N-dealkylation sites (N-methyl/N-ethyl adjacent to an activating group) is 1. The average molecular weight is 272 g/mol. The van der Waals surface area contributed by atoms with E-state index in [-0.39, 0.29) is 24.3 Å². The molecule has 0 radical (unpaired) electrons. The molecule has 0 aliphatic carbocycles. The van der Waals surface area contributed by atoms with Crippen LogP contribution in [0.2, 0.25) is 0 Å². The summed E-state index contributed by atoms with van der Waals surface area (Å²) >= 11 is 0. The number of hydrogen-bond acceptors (Lipinski definition) is 4. The Labute approximate surface area is 114 Å². The Morgan fingerprint density at radius 1 is 1.42 bits per heavy atom. The number of amides is 1. The van der Waals surface area contributed by atoms with E-state index in [4.69, 9.17) is 5.11 Å². The van der Waals surface area contributed by atoms with Gasteiger partial charge in [-0.25, -0.2) is 4.79 Å². The highest BCUT2D eigenvalue weighted by Crippen LogP contribution is 2.20. The largest absolute Gasteiger partial charge is 0.480 e. The smallest absolute Gasteiger partial charge is 0.326 e. The summed E-state index contributed by atoms with van der Waals surface area (Å²) in [6.45, 7) is 5.64. The lowest BCUT2D eigenvalue weighted by atomic mass is 10.0. The molecule has 19 heavy (non-hydrogen) atoms. The van der Waals surface area contributed by atoms with Gasteiger partial charge >= 0.3 is 5.97 Å². The van der Waals surface area contributed by atoms with Crippen molar-refractivity contribution >= 4 is 11.9 Å². The van der Waals surface area contributed by atoms with Crippen LogP contribution < -0.4 is 0 Å². The van der Waals surface area contributed by atoms with Crippen LogP contribution in [0.3, 0.4) is 0 Å². The van der Waals surface area contributed by atoms with Crippen molar-refractivity contribution in [2.45, 2.75) is 26.3 Å². The number of carbonyl (C=O) groups excluding carboxylic acids is 1. The van der Waals surface area contributed by atoms with Gasteiger partial charge in [-0.2, -0.15) is 0 Å². The van der Waals surface area contributed by atoms with Gasteiger partial charge in [-0.15, -0.1) is 0 Å². The third-order valence-corrected chi connectivity index (χ3v) is 3.69. The van der Waals surface area contributed by atoms with Gasteiger partial charge in [0.2, 0.25) is 5.91 Å². The predicted octanol–water partition coefficient (Wildman–Crippen LogP) is -0.132. The van der Waals surface area contributed by atoms with Gasteiger partial charge in [0.15, 0.2) is 0 Å². The average Bonchev–Trinajstić information content (AvgIpc) is 2.76. The first-order valence-electron chi connectivity index (χ1n) is 6.71. The van der Waals surface area contributed by atoms with Gasteiger partial charge in [0.25, 0.3) is 0 Å². The number of carbonyl (C=O) groups is 2. The molecule has 110 valence electrons. The van der Waals surface area contributed by atoms with Gasteiger partial charge in [-0.05, 0) is 18.9 Å². The summed E-state index contributed by atoms with van der Waals surface area (Å²) < 4.78 is 0. The van der Waals surface area contributed by atoms with Crippen LogP contribution >= 0.6 is 0 Å². The van der Waals surface area contributed by atoms with E-state index in [1.165, 1.54) is 4.90 Å². The second-order valence-corrected chi connectivity index (χ2v) is 5.49. The van der Waals surface area contributed by atoms with Crippen LogP contribution in [-0.2, 0) is 9.59 Å². The first-order valence-corrected chi connectivity index (χ1v) is 6.71. The molecule has 1 aliphatic rings. The molecule has 1 aliphatic heterocycles. The molecule has 1 saturated heterocycles. The topological polar surface area (TPSA) is 81.1 Å². The summed E-state index contributed by atoms with van der Waals surface area (Å²) in [5.74, 6) is -1.35. The Morgan fingerprint density at radius 2 is 2.05 bits per heavy atom. The van der Waals surface area contributed by atoms with Crippen LogP contribution in [0.5, 0.6) is 0 Å². The second-order valence-electron chi connectivity index (χ2n) is 5.49. The number of likely N-dealkylation sites (tertiary alicyclic amines) is 1. The van der Waals surface area contributed by atoms with Crippen molar-refractivity contribution in [2.75, 3.05) is 33.3 Å². The number of carboxylic acid groups (broad SMARTS) is 1. The number of aliphatic hydroxyl groups excluding tert-OH is 1. The summed E-state index contributed by atoms with van der Waals surface area (Å²) in [6, 6.07) is -0.778. The highest BCUT2D eigenvalue weighted by Gasteiger charge is 2.35. The minimum Gasteiger partial charge on any atom is -0.480 e. The molecule has 2 N–H and O–H groups in total. The summed E-state index contributed by atoms with van der Waals surface area (Å²) in [6.07, 6.45) is 0.730. The normalized spacial score (nSPS) is 21.6. The molecule has 6 nitrogen and oxygen atoms in total. The van der Waals surface area contributed by atoms with Gasteiger partial charge in [-0.1, -0.05) is 13.8 Å². The SMILES string of the molecule is CC(C)[C@@H](C(=O)O)N(C)C(=O)[C@H]1CCN(CCO)C1. The number of nitrogens with zero attached hydrogens (tertiary/aromatic N) is 2. The fourth-order valence-electron chi connectivity index (χ4n) is 2.70. The zero-order valence-corrected chi connectivity index (χ0v) is 11.9. The van der Waals surface area contributed by atoms with Crippen LogP contribution in [0.15, 0.2) is 0 Å². The monoisotopic (exact) mass is 272 g/mol. The van der Waals surface area contributed by atoms with Crippen LogP contribution in [0.1, 0.15) is 20.3 Å². The maximum Gasteiger partial charge on any atom is 0.326 e. The van der Waals surface area contributed by atoms with E-state index in [9.17, 15) is 14.7 Å². The molecule has 1 heterocycles. The molecular weight excluding hydrogens is 248 g/mol. The van der Waals surface area contributed by atoms with Crippen molar-refractivity contribution in [3.8, 4) is 0 Å². The number of hydrogen-bond donors (Lipinski definition) is 2. The Kier molecular flexibility index (Phi) is 5.75. The highest BCUT2D eigenvalue weighted by molar-refractivity contribution is 5.85. The van der Waals surface area contributed by atoms with Gasteiger partial charge < -0.3 is 20.0 Å². The maximum atomic E-state index is 12.3. The van der Waals surface area contributed by atoms with Gasteiger partial charge in [-0.3, -0.25) is 4.79 Å². The van der Waals surface area contributed by atoms with Crippen molar-refractivity contribution < 1.29 is 19.8 Å². The van der Waals surface area contributed by atoms with E-state index in [0.29, 0.717) is 13.1 Å². The Hall–Kier alpha value is -1.14. The zero-order chi connectivity index (χ0) is 14.6. The Morgan fingerprint density at radius 3 is 2.53 bits per heavy atom. The van der Waals surface area contributed by atoms with E-state index in [1.807, 2.05) is 4.90 Å². The number of rotatable bonds is 6. The fourth-order valence-corrected chi connectivity index (χ4v) is 2.70. The van der Waals surface area contributed by atoms with E-state index in [2.05, 4.69) is 0 Å². The molecule has 0 aromatic rings. The molecule has 0 aromatic carbocycles. The molecule has 1 fully saturated rings. The van der Waals surface area contributed by atoms with E-state index < -0.39 is 12.0 Å². The lowest BCUT2D eigenvalue weighted by Crippen LogP contribution is -2.48. The number of β-amino-alcohol motifs (C(OH)–C–C–N with tert-alkyl or cyclic N) is 1. The third kappa shape index (κ3) is 3.91. The number of carboxylic acids is 1. The van der Waals surface area contributed by atoms with Crippen LogP contribution in [0.4, 0.5) is 0 Å². The molecule has 1 amide bonds. The van der Waals surface area contributed by atoms with Crippen molar-refractivity contribution in [3.63, 3.8) is 0 Å². The van der Waals surface area contributed by atoms with E-state index >= 15 is 0 Å². The molecule has 0 saturated carbocycles. The summed E-state index contributed by atoms with van der Waals surface area (Å²) in [7, 11) is 1.57. The van der Waals surface area contributed by atoms with Crippen molar-refractivity contribution in [3.05, 3.63) is 0 Å². The van der Waals surface area contributed by atoms with Crippen molar-refractivity contribution in [1.29, 1.82) is 0 Å². The quantitative estimate of drug-likeness (QED) is 0.704. The molecule has 1 rings (SSSR count). The van der Waals surface area contributed by atoms with E-state index in [0.717, 1.165) is 13.0 Å². The van der Waals surface area contributed by atoms with Gasteiger partial charge in [0.05, 0.1) is 12.5 Å². The van der Waals surface area contributed by atoms with Crippen molar-refractivity contribution in [1.82, 2.24) is 9.80 Å². The Balaban J connectivity index is 2.64. The molecular formula is C13H24N2O4. The summed E-state index contributed by atoms with van der Waals surface area (Å²) in [5.41, 5.74) is 0. The Bertz CT molecular complexity index is 333. The second kappa shape index (κ2) is 6.86. The molecule has 0 bridgehead atoms. The number of aliphatic carboxylic acids is 1. The van der Waals surface area contributed by atoms with Gasteiger partial charge in [0.1, 0.15) is 6.04 Å². The first-order chi connectivity index (χ1) is 8.88. The first kappa shape index (κ1) is 15.9. The zero-order valence-electron chi connectivity index (χ0n) is 11.9. The van der Waals surface area contributed by atoms with Crippen LogP contribution in [0.25, 0.3) is 0 Å². The van der Waals surface area contributed by atoms with Crippen LogP contribution in [-0.4, -0.2) is 71.2 Å². The lowest BCUT2D eigenvalue weighted by molar-refractivity contribution is -0.152. The molecule has 0 unspecified atom stereocenters. The molecule has 0 spiro atoms. The highest BCUT2D eigenvalue weighted by atomic mass is 16.4. The maximum absolute atomic E-state index is 12.3. The van der Waals surface area contributed by atoms with E-state index in [1.54, 1.807) is 20.9 Å². The minimum atomic E-state index is -0.962. The number of aliphatic hydroxyl groups is 1. The standard InChI is InChI=1S/C13H24N2O4/c1-9(2)11(13(18)19)14(3)12(17)10-4-5-15(8-10)6-7-16/h9-11,16H,4-8H2,1-3H3,(H,18,19)/t10-,11-/m0/s1. The molecule has 6 heteroatoms. The molecule has 0 aromatic heterocycles. The third-order valence-electron chi connectivity index (χ3n) is 3.69. The lowest BCUT2D eigenvalue weighted by Gasteiger charge is -2.29. The van der Waals surface area contributed by atoms with Gasteiger partial charge in [0, 0.05) is 20.1 Å². The summed E-state index contributed by atoms with van der Waals surface area (Å²) in [5, 5.41) is 18.1. The van der Waals surface area contributed by atoms with Crippen molar-refractivity contribution in [2.24, 2.45) is 11.8 Å².